The number of benzene rings is 2. The molecule has 5 heteroatoms. The van der Waals surface area contributed by atoms with Gasteiger partial charge in [-0.25, -0.2) is 9.58 Å². The summed E-state index contributed by atoms with van der Waals surface area (Å²) >= 11 is 6.11. The fourth-order valence-electron chi connectivity index (χ4n) is 4.57. The number of nitrogens with one attached hydrogen (secondary N) is 2. The van der Waals surface area contributed by atoms with Crippen molar-refractivity contribution in [3.05, 3.63) is 59.6 Å². The first-order valence-corrected chi connectivity index (χ1v) is 11.0. The molecule has 1 saturated heterocycles. The highest BCUT2D eigenvalue weighted by Crippen LogP contribution is 2.36. The topological polar surface area (TPSA) is 37.0 Å². The highest BCUT2D eigenvalue weighted by molar-refractivity contribution is 6.30. The van der Waals surface area contributed by atoms with Crippen molar-refractivity contribution < 1.29 is 0 Å². The Bertz CT molecular complexity index is 962. The number of nitrogens with zero attached hydrogens (tertiary/aromatic N) is 2. The molecular weight excluding hydrogens is 380 g/mol. The molecule has 1 aliphatic heterocycles. The standard InChI is InChI=1S/C24H30ClN4/c1-3-26-20-13-15-29(16-14-20,27-4-2)24-17-23(18-9-11-19(25)12-10-18)28-22-8-6-5-7-21(22)24/h5-12,17,20,26-27H,3-4,13-16H2,1-2H3/q+1. The predicted molar refractivity (Wildman–Crippen MR) is 124 cm³/mol. The van der Waals surface area contributed by atoms with Gasteiger partial charge in [-0.05, 0) is 37.7 Å². The monoisotopic (exact) mass is 409 g/mol. The van der Waals surface area contributed by atoms with Gasteiger partial charge < -0.3 is 5.32 Å². The van der Waals surface area contributed by atoms with Crippen LogP contribution in [0, 0.1) is 0 Å². The molecule has 0 spiro atoms. The number of piperidine rings is 1. The number of halogens is 1. The average molecular weight is 410 g/mol. The number of rotatable bonds is 6. The highest BCUT2D eigenvalue weighted by atomic mass is 35.5. The summed E-state index contributed by atoms with van der Waals surface area (Å²) in [4.78, 5) is 4.97. The summed E-state index contributed by atoms with van der Waals surface area (Å²) in [6, 6.07) is 19.4. The second-order valence-corrected chi connectivity index (χ2v) is 8.25. The van der Waals surface area contributed by atoms with Crippen LogP contribution in [-0.4, -0.2) is 37.2 Å². The van der Waals surface area contributed by atoms with Crippen LogP contribution in [0.2, 0.25) is 5.02 Å². The lowest BCUT2D eigenvalue weighted by molar-refractivity contribution is 0.143. The summed E-state index contributed by atoms with van der Waals surface area (Å²) in [6.45, 7) is 8.48. The Labute approximate surface area is 178 Å². The maximum atomic E-state index is 6.11. The molecule has 0 aliphatic carbocycles. The van der Waals surface area contributed by atoms with Gasteiger partial charge in [0.2, 0.25) is 0 Å². The largest absolute Gasteiger partial charge is 0.314 e. The van der Waals surface area contributed by atoms with Gasteiger partial charge in [0.25, 0.3) is 0 Å². The Balaban J connectivity index is 1.83. The molecule has 0 saturated carbocycles. The fourth-order valence-corrected chi connectivity index (χ4v) is 4.69. The Morgan fingerprint density at radius 3 is 2.41 bits per heavy atom. The van der Waals surface area contributed by atoms with Gasteiger partial charge in [0.15, 0.2) is 5.69 Å². The van der Waals surface area contributed by atoms with Crippen molar-refractivity contribution in [1.29, 1.82) is 0 Å². The van der Waals surface area contributed by atoms with Crippen molar-refractivity contribution in [2.24, 2.45) is 0 Å². The van der Waals surface area contributed by atoms with E-state index >= 15 is 0 Å². The van der Waals surface area contributed by atoms with Crippen LogP contribution in [0.15, 0.2) is 54.6 Å². The summed E-state index contributed by atoms with van der Waals surface area (Å²) in [5.74, 6) is 0. The van der Waals surface area contributed by atoms with E-state index in [0.29, 0.717) is 6.04 Å². The number of aromatic nitrogens is 1. The van der Waals surface area contributed by atoms with Gasteiger partial charge in [-0.3, -0.25) is 0 Å². The van der Waals surface area contributed by atoms with Crippen molar-refractivity contribution in [1.82, 2.24) is 20.3 Å². The molecule has 4 rings (SSSR count). The molecule has 0 amide bonds. The van der Waals surface area contributed by atoms with Crippen LogP contribution in [0.3, 0.4) is 0 Å². The molecule has 152 valence electrons. The van der Waals surface area contributed by atoms with Crippen molar-refractivity contribution in [3.63, 3.8) is 0 Å². The lowest BCUT2D eigenvalue weighted by atomic mass is 10.0. The fraction of sp³-hybridized carbons (Fsp3) is 0.375. The van der Waals surface area contributed by atoms with E-state index in [1.165, 1.54) is 11.1 Å². The van der Waals surface area contributed by atoms with Gasteiger partial charge >= 0.3 is 0 Å². The summed E-state index contributed by atoms with van der Waals surface area (Å²) < 4.78 is 0.808. The van der Waals surface area contributed by atoms with Gasteiger partial charge in [-0.1, -0.05) is 42.8 Å². The molecular formula is C24H30ClN4+. The summed E-state index contributed by atoms with van der Waals surface area (Å²) in [6.07, 6.45) is 2.32. The lowest BCUT2D eigenvalue weighted by Crippen LogP contribution is -2.65. The lowest BCUT2D eigenvalue weighted by Gasteiger charge is -2.43. The highest BCUT2D eigenvalue weighted by Gasteiger charge is 2.37. The number of hydrogen-bond acceptors (Lipinski definition) is 3. The van der Waals surface area contributed by atoms with Crippen LogP contribution in [0.25, 0.3) is 22.2 Å². The number of hydrogen-bond donors (Lipinski definition) is 2. The minimum atomic E-state index is 0.605. The molecule has 1 fully saturated rings. The van der Waals surface area contributed by atoms with Gasteiger partial charge in [0.05, 0.1) is 16.6 Å². The van der Waals surface area contributed by atoms with E-state index in [4.69, 9.17) is 16.6 Å². The molecule has 2 aromatic carbocycles. The first-order valence-electron chi connectivity index (χ1n) is 10.7. The van der Waals surface area contributed by atoms with Gasteiger partial charge in [-0.2, -0.15) is 5.43 Å². The number of pyridine rings is 1. The van der Waals surface area contributed by atoms with Crippen molar-refractivity contribution in [3.8, 4) is 11.3 Å². The third-order valence-electron chi connectivity index (χ3n) is 5.97. The maximum absolute atomic E-state index is 6.11. The van der Waals surface area contributed by atoms with E-state index in [0.717, 1.165) is 65.4 Å². The Hall–Kier alpha value is -1.98. The Morgan fingerprint density at radius 2 is 1.72 bits per heavy atom. The second-order valence-electron chi connectivity index (χ2n) is 7.81. The van der Waals surface area contributed by atoms with Crippen molar-refractivity contribution in [2.45, 2.75) is 32.7 Å². The molecule has 2 N–H and O–H groups in total. The molecule has 4 nitrogen and oxygen atoms in total. The molecule has 0 bridgehead atoms. The Morgan fingerprint density at radius 1 is 1.00 bits per heavy atom. The van der Waals surface area contributed by atoms with Gasteiger partial charge in [0, 0.05) is 42.1 Å². The SMILES string of the molecule is CCNC1CC[N+](NCC)(c2cc(-c3ccc(Cl)cc3)nc3ccccc23)CC1. The third kappa shape index (κ3) is 4.17. The zero-order valence-corrected chi connectivity index (χ0v) is 18.0. The van der Waals surface area contributed by atoms with Crippen molar-refractivity contribution >= 4 is 28.2 Å². The van der Waals surface area contributed by atoms with E-state index in [-0.39, 0.29) is 0 Å². The van der Waals surface area contributed by atoms with Gasteiger partial charge in [-0.15, -0.1) is 0 Å². The third-order valence-corrected chi connectivity index (χ3v) is 6.22. The molecule has 1 aromatic heterocycles. The van der Waals surface area contributed by atoms with Crippen LogP contribution in [0.1, 0.15) is 26.7 Å². The Kier molecular flexibility index (Phi) is 6.16. The molecule has 0 radical (unpaired) electrons. The van der Waals surface area contributed by atoms with Crippen LogP contribution < -0.4 is 15.3 Å². The molecule has 0 atom stereocenters. The van der Waals surface area contributed by atoms with Crippen molar-refractivity contribution in [2.75, 3.05) is 26.2 Å². The summed E-state index contributed by atoms with van der Waals surface area (Å²) in [7, 11) is 0. The zero-order valence-electron chi connectivity index (χ0n) is 17.3. The average Bonchev–Trinajstić information content (AvgIpc) is 2.75. The van der Waals surface area contributed by atoms with E-state index in [2.05, 4.69) is 67.1 Å². The molecule has 2 heterocycles. The first kappa shape index (κ1) is 20.3. The molecule has 1 aliphatic rings. The van der Waals surface area contributed by atoms with Crippen LogP contribution in [0.5, 0.6) is 0 Å². The number of para-hydroxylation sites is 1. The van der Waals surface area contributed by atoms with E-state index in [1.54, 1.807) is 0 Å². The van der Waals surface area contributed by atoms with Crippen LogP contribution in [-0.2, 0) is 0 Å². The number of fused-ring (bicyclic) bond motifs is 1. The zero-order chi connectivity index (χ0) is 20.3. The second kappa shape index (κ2) is 8.80. The molecule has 3 aromatic rings. The molecule has 0 unspecified atom stereocenters. The molecule has 29 heavy (non-hydrogen) atoms. The van der Waals surface area contributed by atoms with E-state index in [1.807, 2.05) is 12.1 Å². The predicted octanol–water partition coefficient (Wildman–Crippen LogP) is 5.16. The minimum absolute atomic E-state index is 0.605. The van der Waals surface area contributed by atoms with Crippen LogP contribution in [0.4, 0.5) is 5.69 Å². The quantitative estimate of drug-likeness (QED) is 0.552. The summed E-state index contributed by atoms with van der Waals surface area (Å²) in [5, 5.41) is 5.61. The number of quaternary nitrogens is 1. The van der Waals surface area contributed by atoms with Gasteiger partial charge in [0.1, 0.15) is 13.1 Å². The normalized spacial score (nSPS) is 22.1. The minimum Gasteiger partial charge on any atom is -0.314 e. The summed E-state index contributed by atoms with van der Waals surface area (Å²) in [5.41, 5.74) is 8.27. The maximum Gasteiger partial charge on any atom is 0.163 e. The van der Waals surface area contributed by atoms with E-state index in [9.17, 15) is 0 Å². The van der Waals surface area contributed by atoms with E-state index < -0.39 is 0 Å². The smallest absolute Gasteiger partial charge is 0.163 e. The first-order chi connectivity index (χ1) is 14.1. The van der Waals surface area contributed by atoms with Crippen LogP contribution >= 0.6 is 11.6 Å².